The lowest BCUT2D eigenvalue weighted by atomic mass is 9.48. The fraction of sp³-hybridized carbons (Fsp3) is 0.161. The van der Waals surface area contributed by atoms with Gasteiger partial charge in [-0.3, -0.25) is 0 Å². The molecular weight excluding hydrogens is 773 g/mol. The van der Waals surface area contributed by atoms with Gasteiger partial charge in [0, 0.05) is 33.5 Å². The van der Waals surface area contributed by atoms with E-state index in [2.05, 4.69) is 222 Å². The monoisotopic (exact) mass is 822 g/mol. The first-order valence-corrected chi connectivity index (χ1v) is 23.4. The van der Waals surface area contributed by atoms with Crippen molar-refractivity contribution in [3.8, 4) is 39.1 Å². The molecule has 0 saturated heterocycles. The molecule has 0 atom stereocenters. The van der Waals surface area contributed by atoms with E-state index in [1.807, 2.05) is 0 Å². The van der Waals surface area contributed by atoms with Crippen LogP contribution in [0.3, 0.4) is 0 Å². The molecule has 1 heterocycles. The Morgan fingerprint density at radius 1 is 0.391 bits per heavy atom. The van der Waals surface area contributed by atoms with Crippen molar-refractivity contribution >= 4 is 49.6 Å². The van der Waals surface area contributed by atoms with Crippen LogP contribution >= 0.6 is 0 Å². The Labute approximate surface area is 376 Å². The zero-order valence-corrected chi connectivity index (χ0v) is 36.1. The molecule has 308 valence electrons. The molecule has 2 nitrogen and oxygen atoms in total. The minimum Gasteiger partial charge on any atom is -0.310 e. The van der Waals surface area contributed by atoms with Crippen LogP contribution in [-0.4, -0.2) is 4.57 Å². The third-order valence-electron chi connectivity index (χ3n) is 15.3. The van der Waals surface area contributed by atoms with Gasteiger partial charge in [0.15, 0.2) is 0 Å². The molecule has 0 amide bonds. The summed E-state index contributed by atoms with van der Waals surface area (Å²) in [6.07, 6.45) is 8.64. The maximum atomic E-state index is 2.48. The van der Waals surface area contributed by atoms with Crippen LogP contribution in [0.1, 0.15) is 44.1 Å². The molecule has 1 aromatic heterocycles. The zero-order valence-electron chi connectivity index (χ0n) is 36.1. The maximum absolute atomic E-state index is 2.48. The molecule has 14 rings (SSSR count). The van der Waals surface area contributed by atoms with Gasteiger partial charge in [0.25, 0.3) is 0 Å². The Morgan fingerprint density at radius 2 is 0.938 bits per heavy atom. The Kier molecular flexibility index (Phi) is 8.76. The summed E-state index contributed by atoms with van der Waals surface area (Å²) in [5.74, 6) is 2.84. The van der Waals surface area contributed by atoms with Crippen LogP contribution < -0.4 is 4.90 Å². The van der Waals surface area contributed by atoms with E-state index in [-0.39, 0.29) is 0 Å². The summed E-state index contributed by atoms with van der Waals surface area (Å²) in [6, 6.07) is 78.9. The molecule has 0 N–H and O–H groups in total. The molecule has 4 bridgehead atoms. The van der Waals surface area contributed by atoms with E-state index in [1.54, 1.807) is 5.56 Å². The highest BCUT2D eigenvalue weighted by Gasteiger charge is 2.51. The van der Waals surface area contributed by atoms with E-state index in [0.29, 0.717) is 5.41 Å². The van der Waals surface area contributed by atoms with Crippen LogP contribution in [0, 0.1) is 17.8 Å². The van der Waals surface area contributed by atoms with Crippen LogP contribution in [0.4, 0.5) is 17.1 Å². The summed E-state index contributed by atoms with van der Waals surface area (Å²) in [6.45, 7) is 0. The molecule has 0 radical (unpaired) electrons. The van der Waals surface area contributed by atoms with Crippen molar-refractivity contribution in [3.63, 3.8) is 0 Å². The molecule has 2 heteroatoms. The Morgan fingerprint density at radius 3 is 1.64 bits per heavy atom. The number of hydrogen-bond donors (Lipinski definition) is 0. The summed E-state index contributed by atoms with van der Waals surface area (Å²) < 4.78 is 2.42. The van der Waals surface area contributed by atoms with Gasteiger partial charge in [0.05, 0.1) is 11.0 Å². The van der Waals surface area contributed by atoms with Crippen molar-refractivity contribution in [1.29, 1.82) is 0 Å². The van der Waals surface area contributed by atoms with Gasteiger partial charge < -0.3 is 9.47 Å². The first kappa shape index (κ1) is 37.4. The highest BCUT2D eigenvalue weighted by atomic mass is 15.1. The maximum Gasteiger partial charge on any atom is 0.0561 e. The number of hydrogen-bond acceptors (Lipinski definition) is 1. The fourth-order valence-electron chi connectivity index (χ4n) is 12.9. The molecular formula is C62H50N2. The molecule has 4 aliphatic carbocycles. The lowest BCUT2D eigenvalue weighted by Gasteiger charge is -2.57. The first-order chi connectivity index (χ1) is 31.6. The average Bonchev–Trinajstić information content (AvgIpc) is 3.68. The van der Waals surface area contributed by atoms with Crippen LogP contribution in [0.25, 0.3) is 71.6 Å². The number of aromatic nitrogens is 1. The molecule has 10 aromatic rings. The van der Waals surface area contributed by atoms with Crippen molar-refractivity contribution in [2.75, 3.05) is 4.90 Å². The Hall–Kier alpha value is -7.16. The van der Waals surface area contributed by atoms with Crippen LogP contribution in [-0.2, 0) is 5.41 Å². The second-order valence-electron chi connectivity index (χ2n) is 19.2. The van der Waals surface area contributed by atoms with E-state index < -0.39 is 0 Å². The second-order valence-corrected chi connectivity index (χ2v) is 19.2. The highest BCUT2D eigenvalue weighted by molar-refractivity contribution is 6.11. The predicted octanol–water partition coefficient (Wildman–Crippen LogP) is 16.9. The summed E-state index contributed by atoms with van der Waals surface area (Å²) in [4.78, 5) is 2.44. The lowest BCUT2D eigenvalue weighted by Crippen LogP contribution is -2.48. The minimum atomic E-state index is 0.411. The quantitative estimate of drug-likeness (QED) is 0.148. The van der Waals surface area contributed by atoms with E-state index in [9.17, 15) is 0 Å². The number of para-hydroxylation sites is 2. The average molecular weight is 823 g/mol. The lowest BCUT2D eigenvalue weighted by molar-refractivity contribution is -0.00518. The molecule has 0 unspecified atom stereocenters. The number of anilines is 3. The van der Waals surface area contributed by atoms with Crippen LogP contribution in [0.15, 0.2) is 212 Å². The third kappa shape index (κ3) is 6.22. The van der Waals surface area contributed by atoms with Crippen molar-refractivity contribution in [3.05, 3.63) is 218 Å². The van der Waals surface area contributed by atoms with Gasteiger partial charge in [0.2, 0.25) is 0 Å². The Bertz CT molecular complexity index is 3300. The number of benzene rings is 9. The molecule has 4 fully saturated rings. The fourth-order valence-corrected chi connectivity index (χ4v) is 12.9. The largest absolute Gasteiger partial charge is 0.310 e. The van der Waals surface area contributed by atoms with E-state index in [1.165, 1.54) is 104 Å². The van der Waals surface area contributed by atoms with Gasteiger partial charge in [-0.2, -0.15) is 0 Å². The minimum absolute atomic E-state index is 0.411. The summed E-state index contributed by atoms with van der Waals surface area (Å²) >= 11 is 0. The van der Waals surface area contributed by atoms with Crippen molar-refractivity contribution in [2.45, 2.75) is 43.9 Å². The SMILES string of the molecule is c1ccc(-c2cccc3cccc(-c4cccc(N(c5ccc(-c6ccc(C78CC9CC(CC(C9)C7)C8)cc6)cc5)c5ccc6c7ccccc7n(-c7ccccc7)c6c5)c4)c23)cc1. The van der Waals surface area contributed by atoms with Crippen molar-refractivity contribution in [1.82, 2.24) is 4.57 Å². The van der Waals surface area contributed by atoms with Crippen molar-refractivity contribution in [2.24, 2.45) is 17.8 Å². The zero-order chi connectivity index (χ0) is 42.2. The molecule has 4 aliphatic rings. The standard InChI is InChI=1S/C62H50N2/c1-3-12-47(13-4-1)55-21-10-14-48-15-11-22-56(61(48)55)49-16-9-19-53(37-49)63(54-32-33-58-57-20-7-8-23-59(57)64(60(58)38-54)51-17-5-2-6-18-51)52-30-26-46(27-31-52)45-24-28-50(29-25-45)62-39-42-34-43(40-62)36-44(35-42)41-62/h1-33,37-38,42-44H,34-36,39-41H2. The van der Waals surface area contributed by atoms with E-state index >= 15 is 0 Å². The summed E-state index contributed by atoms with van der Waals surface area (Å²) in [5.41, 5.74) is 16.3. The van der Waals surface area contributed by atoms with Crippen LogP contribution in [0.5, 0.6) is 0 Å². The normalized spacial score (nSPS) is 20.0. The topological polar surface area (TPSA) is 8.17 Å². The number of rotatable bonds is 8. The van der Waals surface area contributed by atoms with E-state index in [4.69, 9.17) is 0 Å². The van der Waals surface area contributed by atoms with Crippen molar-refractivity contribution < 1.29 is 0 Å². The smallest absolute Gasteiger partial charge is 0.0561 e. The van der Waals surface area contributed by atoms with Gasteiger partial charge in [-0.15, -0.1) is 0 Å². The molecule has 4 saturated carbocycles. The van der Waals surface area contributed by atoms with Crippen LogP contribution in [0.2, 0.25) is 0 Å². The van der Waals surface area contributed by atoms with E-state index in [0.717, 1.165) is 40.5 Å². The predicted molar refractivity (Wildman–Crippen MR) is 269 cm³/mol. The van der Waals surface area contributed by atoms with Gasteiger partial charge in [-0.25, -0.2) is 0 Å². The van der Waals surface area contributed by atoms with Gasteiger partial charge in [-0.05, 0) is 166 Å². The molecule has 0 spiro atoms. The highest BCUT2D eigenvalue weighted by Crippen LogP contribution is 2.61. The Balaban J connectivity index is 0.938. The molecule has 9 aromatic carbocycles. The molecule has 0 aliphatic heterocycles. The van der Waals surface area contributed by atoms with Gasteiger partial charge in [0.1, 0.15) is 0 Å². The summed E-state index contributed by atoms with van der Waals surface area (Å²) in [7, 11) is 0. The molecule has 64 heavy (non-hydrogen) atoms. The third-order valence-corrected chi connectivity index (χ3v) is 15.3. The number of nitrogens with zero attached hydrogens (tertiary/aromatic N) is 2. The second kappa shape index (κ2) is 15.0. The van der Waals surface area contributed by atoms with Gasteiger partial charge in [-0.1, -0.05) is 158 Å². The van der Waals surface area contributed by atoms with Gasteiger partial charge >= 0.3 is 0 Å². The number of fused-ring (bicyclic) bond motifs is 4. The first-order valence-electron chi connectivity index (χ1n) is 23.4. The summed E-state index contributed by atoms with van der Waals surface area (Å²) in [5, 5.41) is 5.01.